The summed E-state index contributed by atoms with van der Waals surface area (Å²) in [6, 6.07) is 10.3. The number of nitrogens with zero attached hydrogens (tertiary/aromatic N) is 1. The third-order valence-electron chi connectivity index (χ3n) is 2.18. The maximum atomic E-state index is 5.51. The predicted octanol–water partition coefficient (Wildman–Crippen LogP) is 3.92. The largest absolute Gasteiger partial charge is 0.387 e. The van der Waals surface area contributed by atoms with Gasteiger partial charge in [-0.05, 0) is 19.3 Å². The first kappa shape index (κ1) is 15.4. The van der Waals surface area contributed by atoms with Crippen LogP contribution in [0, 0.1) is 12.8 Å². The molecule has 0 heterocycles. The lowest BCUT2D eigenvalue weighted by atomic mass is 10.1. The zero-order valence-electron chi connectivity index (χ0n) is 11.2. The van der Waals surface area contributed by atoms with Crippen LogP contribution in [-0.2, 0) is 0 Å². The summed E-state index contributed by atoms with van der Waals surface area (Å²) in [7, 11) is 0. The number of aryl methyl sites for hydroxylation is 1. The van der Waals surface area contributed by atoms with Crippen LogP contribution >= 0.6 is 0 Å². The standard InChI is InChI=1S/C8H16N2.C7H8/c1-4-10-8(9)6-5-7(2)3;1-7-5-3-2-4-6-7/h4,7H,1,5-6H2,2-3H3,(H2,9,10);2-6H,1H3. The molecule has 0 unspecified atom stereocenters. The van der Waals surface area contributed by atoms with Gasteiger partial charge in [-0.3, -0.25) is 0 Å². The minimum atomic E-state index is 0.684. The molecule has 1 rings (SSSR count). The summed E-state index contributed by atoms with van der Waals surface area (Å²) in [5.74, 6) is 1.38. The van der Waals surface area contributed by atoms with Crippen molar-refractivity contribution in [1.82, 2.24) is 0 Å². The van der Waals surface area contributed by atoms with Crippen LogP contribution in [0.2, 0.25) is 0 Å². The fourth-order valence-electron chi connectivity index (χ4n) is 1.15. The molecule has 0 saturated carbocycles. The molecule has 2 N–H and O–H groups in total. The highest BCUT2D eigenvalue weighted by atomic mass is 14.8. The lowest BCUT2D eigenvalue weighted by Gasteiger charge is -2.01. The van der Waals surface area contributed by atoms with E-state index in [1.54, 1.807) is 0 Å². The van der Waals surface area contributed by atoms with Gasteiger partial charge in [0.15, 0.2) is 0 Å². The van der Waals surface area contributed by atoms with Gasteiger partial charge in [0.2, 0.25) is 0 Å². The molecule has 0 aliphatic rings. The van der Waals surface area contributed by atoms with E-state index in [4.69, 9.17) is 5.73 Å². The van der Waals surface area contributed by atoms with Crippen LogP contribution in [-0.4, -0.2) is 5.84 Å². The molecule has 0 amide bonds. The van der Waals surface area contributed by atoms with Crippen molar-refractivity contribution in [1.29, 1.82) is 0 Å². The van der Waals surface area contributed by atoms with Gasteiger partial charge in [0, 0.05) is 12.6 Å². The van der Waals surface area contributed by atoms with Crippen LogP contribution in [0.3, 0.4) is 0 Å². The van der Waals surface area contributed by atoms with Crippen molar-refractivity contribution in [2.75, 3.05) is 0 Å². The van der Waals surface area contributed by atoms with Gasteiger partial charge in [-0.1, -0.05) is 56.3 Å². The van der Waals surface area contributed by atoms with Crippen molar-refractivity contribution in [2.24, 2.45) is 16.6 Å². The molecule has 1 aromatic rings. The molecule has 0 saturated heterocycles. The molecule has 0 bridgehead atoms. The molecule has 0 aromatic heterocycles. The zero-order valence-corrected chi connectivity index (χ0v) is 11.2. The Bertz CT molecular complexity index is 326. The first-order valence-corrected chi connectivity index (χ1v) is 6.01. The number of hydrogen-bond acceptors (Lipinski definition) is 1. The second kappa shape index (κ2) is 9.64. The molecule has 1 aromatic carbocycles. The van der Waals surface area contributed by atoms with Gasteiger partial charge < -0.3 is 5.73 Å². The van der Waals surface area contributed by atoms with Crippen LogP contribution < -0.4 is 5.73 Å². The van der Waals surface area contributed by atoms with E-state index in [1.807, 2.05) is 18.2 Å². The second-order valence-corrected chi connectivity index (χ2v) is 4.39. The number of hydrogen-bond donors (Lipinski definition) is 1. The lowest BCUT2D eigenvalue weighted by molar-refractivity contribution is 0.602. The first-order chi connectivity index (χ1) is 8.06. The van der Waals surface area contributed by atoms with Gasteiger partial charge in [-0.2, -0.15) is 0 Å². The highest BCUT2D eigenvalue weighted by Crippen LogP contribution is 2.02. The van der Waals surface area contributed by atoms with Crippen LogP contribution in [0.5, 0.6) is 0 Å². The molecule has 0 radical (unpaired) electrons. The summed E-state index contributed by atoms with van der Waals surface area (Å²) in [6.45, 7) is 9.88. The molecular formula is C15H24N2. The normalized spacial score (nSPS) is 10.7. The smallest absolute Gasteiger partial charge is 0.0988 e. The van der Waals surface area contributed by atoms with E-state index < -0.39 is 0 Å². The first-order valence-electron chi connectivity index (χ1n) is 6.01. The van der Waals surface area contributed by atoms with Crippen LogP contribution in [0.1, 0.15) is 32.3 Å². The topological polar surface area (TPSA) is 38.4 Å². The Kier molecular flexibility index (Phi) is 8.75. The number of rotatable bonds is 4. The molecule has 0 spiro atoms. The molecule has 0 fully saturated rings. The average Bonchev–Trinajstić information content (AvgIpc) is 2.29. The van der Waals surface area contributed by atoms with Crippen molar-refractivity contribution in [2.45, 2.75) is 33.6 Å². The molecule has 17 heavy (non-hydrogen) atoms. The summed E-state index contributed by atoms with van der Waals surface area (Å²) in [5.41, 5.74) is 6.83. The Morgan fingerprint density at radius 1 is 1.35 bits per heavy atom. The van der Waals surface area contributed by atoms with E-state index in [9.17, 15) is 0 Å². The van der Waals surface area contributed by atoms with E-state index in [-0.39, 0.29) is 0 Å². The van der Waals surface area contributed by atoms with Crippen LogP contribution in [0.15, 0.2) is 48.1 Å². The van der Waals surface area contributed by atoms with Gasteiger partial charge in [-0.15, -0.1) is 0 Å². The fraction of sp³-hybridized carbons (Fsp3) is 0.400. The van der Waals surface area contributed by atoms with Crippen LogP contribution in [0.25, 0.3) is 0 Å². The van der Waals surface area contributed by atoms with Gasteiger partial charge >= 0.3 is 0 Å². The van der Waals surface area contributed by atoms with Crippen molar-refractivity contribution < 1.29 is 0 Å². The molecule has 0 atom stereocenters. The average molecular weight is 232 g/mol. The number of nitrogens with two attached hydrogens (primary N) is 1. The summed E-state index contributed by atoms with van der Waals surface area (Å²) >= 11 is 0. The molecule has 94 valence electrons. The third-order valence-corrected chi connectivity index (χ3v) is 2.18. The minimum absolute atomic E-state index is 0.684. The Labute approximate surface area is 105 Å². The summed E-state index contributed by atoms with van der Waals surface area (Å²) in [4.78, 5) is 3.85. The monoisotopic (exact) mass is 232 g/mol. The fourth-order valence-corrected chi connectivity index (χ4v) is 1.15. The lowest BCUT2D eigenvalue weighted by Crippen LogP contribution is -2.11. The van der Waals surface area contributed by atoms with E-state index in [1.165, 1.54) is 11.8 Å². The van der Waals surface area contributed by atoms with E-state index in [2.05, 4.69) is 44.5 Å². The highest BCUT2D eigenvalue weighted by molar-refractivity contribution is 5.80. The molecule has 2 heteroatoms. The molecule has 2 nitrogen and oxygen atoms in total. The second-order valence-electron chi connectivity index (χ2n) is 4.39. The van der Waals surface area contributed by atoms with Crippen molar-refractivity contribution >= 4 is 5.84 Å². The molecular weight excluding hydrogens is 208 g/mol. The van der Waals surface area contributed by atoms with Gasteiger partial charge in [0.05, 0.1) is 5.84 Å². The number of amidine groups is 1. The van der Waals surface area contributed by atoms with E-state index >= 15 is 0 Å². The predicted molar refractivity (Wildman–Crippen MR) is 77.1 cm³/mol. The third kappa shape index (κ3) is 10.7. The molecule has 0 aliphatic carbocycles. The van der Waals surface area contributed by atoms with Crippen LogP contribution in [0.4, 0.5) is 0 Å². The van der Waals surface area contributed by atoms with Crippen molar-refractivity contribution in [3.63, 3.8) is 0 Å². The van der Waals surface area contributed by atoms with Crippen molar-refractivity contribution in [3.05, 3.63) is 48.7 Å². The van der Waals surface area contributed by atoms with Gasteiger partial charge in [-0.25, -0.2) is 4.99 Å². The summed E-state index contributed by atoms with van der Waals surface area (Å²) < 4.78 is 0. The molecule has 0 aliphatic heterocycles. The number of aliphatic imine (C=N–C) groups is 1. The Balaban J connectivity index is 0.000000318. The number of benzene rings is 1. The van der Waals surface area contributed by atoms with E-state index in [0.29, 0.717) is 11.8 Å². The van der Waals surface area contributed by atoms with Gasteiger partial charge in [0.1, 0.15) is 0 Å². The van der Waals surface area contributed by atoms with E-state index in [0.717, 1.165) is 12.8 Å². The quantitative estimate of drug-likeness (QED) is 0.620. The summed E-state index contributed by atoms with van der Waals surface area (Å²) in [5, 5.41) is 0. The minimum Gasteiger partial charge on any atom is -0.387 e. The Morgan fingerprint density at radius 3 is 2.29 bits per heavy atom. The van der Waals surface area contributed by atoms with Gasteiger partial charge in [0.25, 0.3) is 0 Å². The SMILES string of the molecule is C=CN=C(N)CCC(C)C.Cc1ccccc1. The Hall–Kier alpha value is -1.57. The van der Waals surface area contributed by atoms with Crippen molar-refractivity contribution in [3.8, 4) is 0 Å². The Morgan fingerprint density at radius 2 is 1.94 bits per heavy atom. The zero-order chi connectivity index (χ0) is 13.1. The highest BCUT2D eigenvalue weighted by Gasteiger charge is 1.95. The maximum absolute atomic E-state index is 5.51. The summed E-state index contributed by atoms with van der Waals surface area (Å²) in [6.07, 6.45) is 3.46. The maximum Gasteiger partial charge on any atom is 0.0988 e.